The first kappa shape index (κ1) is 11.4. The number of phenolic OH excluding ortho intramolecular Hbond substituents is 1. The van der Waals surface area contributed by atoms with Crippen LogP contribution in [0.2, 0.25) is 0 Å². The van der Waals surface area contributed by atoms with Gasteiger partial charge in [0.2, 0.25) is 0 Å². The average Bonchev–Trinajstić information content (AvgIpc) is 2.19. The lowest BCUT2D eigenvalue weighted by Gasteiger charge is -2.08. The molecule has 3 N–H and O–H groups in total. The van der Waals surface area contributed by atoms with Crippen LogP contribution >= 0.6 is 0 Å². The summed E-state index contributed by atoms with van der Waals surface area (Å²) in [5, 5.41) is 14.8. The van der Waals surface area contributed by atoms with Crippen LogP contribution in [0, 0.1) is 6.92 Å². The highest BCUT2D eigenvalue weighted by Gasteiger charge is 2.04. The number of urea groups is 1. The maximum Gasteiger partial charge on any atom is 0.319 e. The van der Waals surface area contributed by atoms with Gasteiger partial charge in [0.25, 0.3) is 0 Å². The van der Waals surface area contributed by atoms with Crippen LogP contribution < -0.4 is 10.6 Å². The predicted octanol–water partition coefficient (Wildman–Crippen LogP) is 2.23. The Labute approximate surface area is 89.3 Å². The maximum absolute atomic E-state index is 11.3. The molecule has 0 saturated carbocycles. The minimum absolute atomic E-state index is 0.0849. The van der Waals surface area contributed by atoms with Gasteiger partial charge in [0.05, 0.1) is 5.69 Å². The zero-order valence-corrected chi connectivity index (χ0v) is 9.00. The number of phenols is 1. The minimum Gasteiger partial charge on any atom is -0.506 e. The molecule has 0 atom stereocenters. The molecular formula is C11H16N2O2. The van der Waals surface area contributed by atoms with Crippen molar-refractivity contribution in [3.63, 3.8) is 0 Å². The van der Waals surface area contributed by atoms with Gasteiger partial charge in [0.1, 0.15) is 5.75 Å². The molecule has 4 nitrogen and oxygen atoms in total. The lowest BCUT2D eigenvalue weighted by atomic mass is 10.2. The van der Waals surface area contributed by atoms with Crippen LogP contribution in [0.25, 0.3) is 0 Å². The summed E-state index contributed by atoms with van der Waals surface area (Å²) >= 11 is 0. The Balaban J connectivity index is 2.60. The van der Waals surface area contributed by atoms with Crippen molar-refractivity contribution in [1.29, 1.82) is 0 Å². The number of carbonyl (C=O) groups excluding carboxylic acids is 1. The summed E-state index contributed by atoms with van der Waals surface area (Å²) in [7, 11) is 0. The van der Waals surface area contributed by atoms with Crippen molar-refractivity contribution in [1.82, 2.24) is 5.32 Å². The molecule has 0 saturated heterocycles. The second-order valence-corrected chi connectivity index (χ2v) is 3.40. The fraction of sp³-hybridized carbons (Fsp3) is 0.364. The van der Waals surface area contributed by atoms with E-state index in [9.17, 15) is 9.90 Å². The van der Waals surface area contributed by atoms with Gasteiger partial charge in [0, 0.05) is 6.54 Å². The molecule has 0 aliphatic rings. The molecular weight excluding hydrogens is 192 g/mol. The quantitative estimate of drug-likeness (QED) is 0.667. The standard InChI is InChI=1S/C11H16N2O2/c1-3-6-12-11(15)13-9-5-4-8(2)7-10(9)14/h4-5,7,14H,3,6H2,1-2H3,(H2,12,13,15). The molecule has 0 bridgehead atoms. The van der Waals surface area contributed by atoms with E-state index in [1.54, 1.807) is 12.1 Å². The summed E-state index contributed by atoms with van der Waals surface area (Å²) in [6, 6.07) is 4.82. The molecule has 1 aromatic rings. The van der Waals surface area contributed by atoms with Gasteiger partial charge in [-0.05, 0) is 31.0 Å². The molecule has 0 unspecified atom stereocenters. The van der Waals surface area contributed by atoms with E-state index in [1.807, 2.05) is 19.9 Å². The van der Waals surface area contributed by atoms with Crippen molar-refractivity contribution in [3.05, 3.63) is 23.8 Å². The third-order valence-corrected chi connectivity index (χ3v) is 1.94. The number of amides is 2. The molecule has 0 spiro atoms. The second kappa shape index (κ2) is 5.24. The Kier molecular flexibility index (Phi) is 3.97. The molecule has 0 aliphatic heterocycles. The molecule has 2 amide bonds. The summed E-state index contributed by atoms with van der Waals surface area (Å²) in [5.41, 5.74) is 1.38. The Morgan fingerprint density at radius 3 is 2.80 bits per heavy atom. The summed E-state index contributed by atoms with van der Waals surface area (Å²) in [5.74, 6) is 0.0849. The van der Waals surface area contributed by atoms with Crippen molar-refractivity contribution >= 4 is 11.7 Å². The molecule has 0 heterocycles. The van der Waals surface area contributed by atoms with E-state index in [2.05, 4.69) is 10.6 Å². The largest absolute Gasteiger partial charge is 0.506 e. The van der Waals surface area contributed by atoms with Gasteiger partial charge in [-0.1, -0.05) is 13.0 Å². The maximum atomic E-state index is 11.3. The Morgan fingerprint density at radius 1 is 1.47 bits per heavy atom. The second-order valence-electron chi connectivity index (χ2n) is 3.40. The highest BCUT2D eigenvalue weighted by molar-refractivity contribution is 5.90. The fourth-order valence-electron chi connectivity index (χ4n) is 1.15. The molecule has 0 fully saturated rings. The molecule has 4 heteroatoms. The van der Waals surface area contributed by atoms with Crippen molar-refractivity contribution in [3.8, 4) is 5.75 Å². The van der Waals surface area contributed by atoms with Crippen LogP contribution in [0.3, 0.4) is 0 Å². The fourth-order valence-corrected chi connectivity index (χ4v) is 1.15. The minimum atomic E-state index is -0.295. The van der Waals surface area contributed by atoms with E-state index >= 15 is 0 Å². The number of rotatable bonds is 3. The molecule has 0 aromatic heterocycles. The van der Waals surface area contributed by atoms with Crippen LogP contribution in [0.15, 0.2) is 18.2 Å². The molecule has 0 radical (unpaired) electrons. The van der Waals surface area contributed by atoms with E-state index in [0.717, 1.165) is 12.0 Å². The monoisotopic (exact) mass is 208 g/mol. The van der Waals surface area contributed by atoms with Crippen LogP contribution in [0.5, 0.6) is 5.75 Å². The van der Waals surface area contributed by atoms with Gasteiger partial charge < -0.3 is 15.7 Å². The van der Waals surface area contributed by atoms with Crippen molar-refractivity contribution in [2.24, 2.45) is 0 Å². The van der Waals surface area contributed by atoms with Gasteiger partial charge in [0.15, 0.2) is 0 Å². The van der Waals surface area contributed by atoms with Crippen LogP contribution in [0.1, 0.15) is 18.9 Å². The number of hydrogen-bond donors (Lipinski definition) is 3. The van der Waals surface area contributed by atoms with E-state index in [0.29, 0.717) is 12.2 Å². The van der Waals surface area contributed by atoms with Crippen LogP contribution in [-0.4, -0.2) is 17.7 Å². The van der Waals surface area contributed by atoms with Gasteiger partial charge in [-0.2, -0.15) is 0 Å². The SMILES string of the molecule is CCCNC(=O)Nc1ccc(C)cc1O. The Hall–Kier alpha value is -1.71. The number of carbonyl (C=O) groups is 1. The topological polar surface area (TPSA) is 61.4 Å². The van der Waals surface area contributed by atoms with Crippen molar-refractivity contribution < 1.29 is 9.90 Å². The average molecular weight is 208 g/mol. The van der Waals surface area contributed by atoms with Gasteiger partial charge in [-0.3, -0.25) is 0 Å². The smallest absolute Gasteiger partial charge is 0.319 e. The van der Waals surface area contributed by atoms with Gasteiger partial charge in [-0.15, -0.1) is 0 Å². The Morgan fingerprint density at radius 2 is 2.20 bits per heavy atom. The number of hydrogen-bond acceptors (Lipinski definition) is 2. The van der Waals surface area contributed by atoms with Crippen LogP contribution in [0.4, 0.5) is 10.5 Å². The van der Waals surface area contributed by atoms with Crippen molar-refractivity contribution in [2.45, 2.75) is 20.3 Å². The van der Waals surface area contributed by atoms with Gasteiger partial charge in [-0.25, -0.2) is 4.79 Å². The lowest BCUT2D eigenvalue weighted by molar-refractivity contribution is 0.252. The number of anilines is 1. The predicted molar refractivity (Wildman–Crippen MR) is 60.2 cm³/mol. The van der Waals surface area contributed by atoms with Gasteiger partial charge >= 0.3 is 6.03 Å². The first-order valence-electron chi connectivity index (χ1n) is 4.98. The lowest BCUT2D eigenvalue weighted by Crippen LogP contribution is -2.29. The zero-order chi connectivity index (χ0) is 11.3. The van der Waals surface area contributed by atoms with E-state index < -0.39 is 0 Å². The number of aryl methyl sites for hydroxylation is 1. The van der Waals surface area contributed by atoms with Crippen LogP contribution in [-0.2, 0) is 0 Å². The van der Waals surface area contributed by atoms with E-state index in [1.165, 1.54) is 0 Å². The Bertz CT molecular complexity index is 350. The molecule has 1 rings (SSSR count). The third-order valence-electron chi connectivity index (χ3n) is 1.94. The summed E-state index contributed by atoms with van der Waals surface area (Å²) in [6.07, 6.45) is 0.882. The number of nitrogens with one attached hydrogen (secondary N) is 2. The first-order valence-corrected chi connectivity index (χ1v) is 4.98. The summed E-state index contributed by atoms with van der Waals surface area (Å²) in [6.45, 7) is 4.47. The third kappa shape index (κ3) is 3.50. The molecule has 82 valence electrons. The molecule has 15 heavy (non-hydrogen) atoms. The number of aromatic hydroxyl groups is 1. The molecule has 1 aromatic carbocycles. The number of benzene rings is 1. The summed E-state index contributed by atoms with van der Waals surface area (Å²) < 4.78 is 0. The van der Waals surface area contributed by atoms with E-state index in [4.69, 9.17) is 0 Å². The first-order chi connectivity index (χ1) is 7.13. The normalized spacial score (nSPS) is 9.73. The highest BCUT2D eigenvalue weighted by atomic mass is 16.3. The molecule has 0 aliphatic carbocycles. The summed E-state index contributed by atoms with van der Waals surface area (Å²) in [4.78, 5) is 11.3. The van der Waals surface area contributed by atoms with Crippen molar-refractivity contribution in [2.75, 3.05) is 11.9 Å². The highest BCUT2D eigenvalue weighted by Crippen LogP contribution is 2.23. The zero-order valence-electron chi connectivity index (χ0n) is 9.00. The van der Waals surface area contributed by atoms with E-state index in [-0.39, 0.29) is 11.8 Å².